The number of nitrogens with zero attached hydrogens (tertiary/aromatic N) is 5. The molecule has 1 amide bonds. The van der Waals surface area contributed by atoms with Crippen molar-refractivity contribution < 1.29 is 9.53 Å². The Morgan fingerprint density at radius 1 is 1.28 bits per heavy atom. The zero-order valence-electron chi connectivity index (χ0n) is 16.3. The fourth-order valence-electron chi connectivity index (χ4n) is 2.50. The molecule has 8 nitrogen and oxygen atoms in total. The highest BCUT2D eigenvalue weighted by Gasteiger charge is 2.28. The Kier molecular flexibility index (Phi) is 5.69. The molecule has 140 valence electrons. The fourth-order valence-corrected chi connectivity index (χ4v) is 2.50. The molecule has 1 saturated heterocycles. The zero-order valence-corrected chi connectivity index (χ0v) is 16.3. The highest BCUT2D eigenvalue weighted by Crippen LogP contribution is 2.21. The van der Waals surface area contributed by atoms with Crippen molar-refractivity contribution in [2.45, 2.75) is 58.6 Å². The molecule has 0 saturated carbocycles. The maximum atomic E-state index is 11.9. The molecule has 2 heterocycles. The normalized spacial score (nSPS) is 17.8. The first-order chi connectivity index (χ1) is 11.5. The van der Waals surface area contributed by atoms with E-state index in [0.29, 0.717) is 18.4 Å². The Hall–Kier alpha value is -2.12. The van der Waals surface area contributed by atoms with Gasteiger partial charge in [0.25, 0.3) is 0 Å². The molecular formula is C17H30N6O2. The number of alkyl carbamates (subject to hydrolysis) is 1. The fraction of sp³-hybridized carbons (Fsp3) is 0.765. The van der Waals surface area contributed by atoms with E-state index in [1.54, 1.807) is 0 Å². The molecule has 0 bridgehead atoms. The molecule has 0 aromatic carbocycles. The molecule has 1 fully saturated rings. The Morgan fingerprint density at radius 3 is 2.52 bits per heavy atom. The molecule has 2 rings (SSSR count). The summed E-state index contributed by atoms with van der Waals surface area (Å²) >= 11 is 0. The van der Waals surface area contributed by atoms with Crippen LogP contribution in [0.25, 0.3) is 0 Å². The minimum Gasteiger partial charge on any atom is -0.444 e. The monoisotopic (exact) mass is 350 g/mol. The number of hydrogen-bond donors (Lipinski definition) is 1. The number of nitrogens with one attached hydrogen (secondary N) is 1. The summed E-state index contributed by atoms with van der Waals surface area (Å²) in [5.41, 5.74) is -0.497. The minimum absolute atomic E-state index is 0.0249. The van der Waals surface area contributed by atoms with Crippen LogP contribution in [0.4, 0.5) is 16.7 Å². The van der Waals surface area contributed by atoms with E-state index < -0.39 is 5.60 Å². The second-order valence-electron chi connectivity index (χ2n) is 7.92. The maximum Gasteiger partial charge on any atom is 0.407 e. The first kappa shape index (κ1) is 19.2. The lowest BCUT2D eigenvalue weighted by Gasteiger charge is -2.22. The van der Waals surface area contributed by atoms with Gasteiger partial charge in [-0.15, -0.1) is 0 Å². The van der Waals surface area contributed by atoms with Crippen molar-refractivity contribution in [3.05, 3.63) is 5.82 Å². The lowest BCUT2D eigenvalue weighted by molar-refractivity contribution is 0.0509. The van der Waals surface area contributed by atoms with Crippen LogP contribution >= 0.6 is 0 Å². The van der Waals surface area contributed by atoms with Crippen molar-refractivity contribution in [1.82, 2.24) is 20.3 Å². The van der Waals surface area contributed by atoms with Gasteiger partial charge in [-0.2, -0.15) is 15.0 Å². The maximum absolute atomic E-state index is 11.9. The smallest absolute Gasteiger partial charge is 0.407 e. The molecule has 1 aromatic rings. The second kappa shape index (κ2) is 7.41. The van der Waals surface area contributed by atoms with Crippen molar-refractivity contribution in [3.63, 3.8) is 0 Å². The van der Waals surface area contributed by atoms with Crippen molar-refractivity contribution in [1.29, 1.82) is 0 Å². The molecule has 0 spiro atoms. The van der Waals surface area contributed by atoms with Gasteiger partial charge in [0.1, 0.15) is 11.4 Å². The van der Waals surface area contributed by atoms with Gasteiger partial charge in [-0.05, 0) is 27.2 Å². The number of ether oxygens (including phenoxy) is 1. The van der Waals surface area contributed by atoms with Crippen LogP contribution in [-0.4, -0.2) is 59.9 Å². The average Bonchev–Trinajstić information content (AvgIpc) is 2.93. The summed E-state index contributed by atoms with van der Waals surface area (Å²) in [7, 11) is 3.83. The summed E-state index contributed by atoms with van der Waals surface area (Å²) in [6, 6.07) is 0.0249. The lowest BCUT2D eigenvalue weighted by Crippen LogP contribution is -2.40. The van der Waals surface area contributed by atoms with Gasteiger partial charge in [-0.25, -0.2) is 4.79 Å². The second-order valence-corrected chi connectivity index (χ2v) is 7.92. The minimum atomic E-state index is -0.497. The number of amides is 1. The van der Waals surface area contributed by atoms with E-state index in [9.17, 15) is 4.79 Å². The third-order valence-electron chi connectivity index (χ3n) is 3.74. The lowest BCUT2D eigenvalue weighted by atomic mass is 10.2. The van der Waals surface area contributed by atoms with E-state index in [0.717, 1.165) is 18.8 Å². The van der Waals surface area contributed by atoms with Gasteiger partial charge in [0.15, 0.2) is 0 Å². The van der Waals surface area contributed by atoms with Crippen molar-refractivity contribution in [3.8, 4) is 0 Å². The molecule has 1 aliphatic heterocycles. The van der Waals surface area contributed by atoms with Gasteiger partial charge in [0, 0.05) is 33.1 Å². The van der Waals surface area contributed by atoms with Gasteiger partial charge >= 0.3 is 6.09 Å². The number of carbonyl (C=O) groups excluding carboxylic acids is 1. The van der Waals surface area contributed by atoms with Crippen molar-refractivity contribution in [2.75, 3.05) is 37.0 Å². The first-order valence-corrected chi connectivity index (χ1v) is 8.73. The van der Waals surface area contributed by atoms with Crippen LogP contribution in [0.2, 0.25) is 0 Å². The van der Waals surface area contributed by atoms with E-state index >= 15 is 0 Å². The number of carbonyl (C=O) groups is 1. The van der Waals surface area contributed by atoms with Crippen LogP contribution in [0, 0.1) is 0 Å². The predicted molar refractivity (Wildman–Crippen MR) is 98.2 cm³/mol. The van der Waals surface area contributed by atoms with Gasteiger partial charge in [-0.3, -0.25) is 0 Å². The van der Waals surface area contributed by atoms with Crippen LogP contribution in [0.15, 0.2) is 0 Å². The zero-order chi connectivity index (χ0) is 18.8. The summed E-state index contributed by atoms with van der Waals surface area (Å²) in [6.07, 6.45) is 0.450. The quantitative estimate of drug-likeness (QED) is 0.891. The highest BCUT2D eigenvalue weighted by molar-refractivity contribution is 5.68. The molecule has 1 N–H and O–H groups in total. The molecule has 25 heavy (non-hydrogen) atoms. The van der Waals surface area contributed by atoms with Crippen molar-refractivity contribution in [2.24, 2.45) is 0 Å². The summed E-state index contributed by atoms with van der Waals surface area (Å²) < 4.78 is 5.33. The highest BCUT2D eigenvalue weighted by atomic mass is 16.6. The topological polar surface area (TPSA) is 83.5 Å². The van der Waals surface area contributed by atoms with Crippen LogP contribution in [0.3, 0.4) is 0 Å². The molecule has 0 unspecified atom stereocenters. The van der Waals surface area contributed by atoms with Crippen LogP contribution in [0.1, 0.15) is 52.8 Å². The van der Waals surface area contributed by atoms with Crippen LogP contribution in [0.5, 0.6) is 0 Å². The van der Waals surface area contributed by atoms with Crippen LogP contribution in [-0.2, 0) is 4.74 Å². The number of rotatable bonds is 4. The largest absolute Gasteiger partial charge is 0.444 e. The predicted octanol–water partition coefficient (Wildman–Crippen LogP) is 2.16. The molecule has 1 atom stereocenters. The third kappa shape index (κ3) is 5.44. The summed E-state index contributed by atoms with van der Waals surface area (Å²) in [4.78, 5) is 29.6. The van der Waals surface area contributed by atoms with Gasteiger partial charge in [0.05, 0.1) is 6.04 Å². The molecule has 1 aliphatic rings. The molecule has 0 aliphatic carbocycles. The van der Waals surface area contributed by atoms with E-state index in [4.69, 9.17) is 4.74 Å². The SMILES string of the molecule is CC(C)c1nc(N(C)C)nc(N2CC[C@@H](NC(=O)OC(C)(C)C)C2)n1. The number of anilines is 2. The Labute approximate surface area is 150 Å². The van der Waals surface area contributed by atoms with Gasteiger partial charge in [0.2, 0.25) is 11.9 Å². The Morgan fingerprint density at radius 2 is 1.96 bits per heavy atom. The van der Waals surface area contributed by atoms with Crippen LogP contribution < -0.4 is 15.1 Å². The van der Waals surface area contributed by atoms with Gasteiger partial charge in [-0.1, -0.05) is 13.8 Å². The Balaban J connectivity index is 2.07. The van der Waals surface area contributed by atoms with Gasteiger partial charge < -0.3 is 19.9 Å². The summed E-state index contributed by atoms with van der Waals surface area (Å²) in [6.45, 7) is 11.1. The molecule has 0 radical (unpaired) electrons. The first-order valence-electron chi connectivity index (χ1n) is 8.73. The standard InChI is InChI=1S/C17H30N6O2/c1-11(2)13-19-14(22(6)7)21-15(20-13)23-9-8-12(10-23)18-16(24)25-17(3,4)5/h11-12H,8-10H2,1-7H3,(H,18,24)/t12-/m1/s1. The van der Waals surface area contributed by atoms with E-state index in [1.165, 1.54) is 0 Å². The van der Waals surface area contributed by atoms with E-state index in [2.05, 4.69) is 39.0 Å². The Bertz CT molecular complexity index is 585. The summed E-state index contributed by atoms with van der Waals surface area (Å²) in [5, 5.41) is 2.93. The van der Waals surface area contributed by atoms with E-state index in [-0.39, 0.29) is 18.1 Å². The number of aromatic nitrogens is 3. The average molecular weight is 350 g/mol. The molecule has 8 heteroatoms. The van der Waals surface area contributed by atoms with Crippen molar-refractivity contribution >= 4 is 18.0 Å². The molecule has 1 aromatic heterocycles. The third-order valence-corrected chi connectivity index (χ3v) is 3.74. The van der Waals surface area contributed by atoms with E-state index in [1.807, 2.05) is 39.8 Å². The number of hydrogen-bond acceptors (Lipinski definition) is 7. The molecular weight excluding hydrogens is 320 g/mol. The summed E-state index contributed by atoms with van der Waals surface area (Å²) in [5.74, 6) is 2.31.